The molecule has 1 aromatic rings. The summed E-state index contributed by atoms with van der Waals surface area (Å²) < 4.78 is 1.96. The van der Waals surface area contributed by atoms with Crippen LogP contribution in [-0.2, 0) is 13.1 Å². The number of aromatic nitrogens is 3. The van der Waals surface area contributed by atoms with Crippen LogP contribution in [0.5, 0.6) is 0 Å². The minimum Gasteiger partial charge on any atom is -0.311 e. The second kappa shape index (κ2) is 7.01. The molecule has 4 nitrogen and oxygen atoms in total. The summed E-state index contributed by atoms with van der Waals surface area (Å²) in [6.45, 7) is 5.19. The van der Waals surface area contributed by atoms with Gasteiger partial charge in [0.25, 0.3) is 0 Å². The normalized spacial score (nSPS) is 15.4. The standard InChI is InChI=1S/C12H22N4S/c1-2-17-7-3-6-16-10-12(14-15-16)9-13-8-11-4-5-11/h10-11,13H,2-9H2,1H3. The van der Waals surface area contributed by atoms with E-state index < -0.39 is 0 Å². The predicted molar refractivity (Wildman–Crippen MR) is 72.1 cm³/mol. The van der Waals surface area contributed by atoms with Crippen LogP contribution < -0.4 is 5.32 Å². The lowest BCUT2D eigenvalue weighted by Gasteiger charge is -2.00. The number of aryl methyl sites for hydroxylation is 1. The van der Waals surface area contributed by atoms with E-state index in [-0.39, 0.29) is 0 Å². The number of nitrogens with one attached hydrogen (secondary N) is 1. The Balaban J connectivity index is 1.60. The second-order valence-corrected chi connectivity index (χ2v) is 5.99. The molecule has 0 unspecified atom stereocenters. The van der Waals surface area contributed by atoms with Crippen molar-refractivity contribution in [3.63, 3.8) is 0 Å². The Morgan fingerprint density at radius 3 is 3.18 bits per heavy atom. The van der Waals surface area contributed by atoms with Gasteiger partial charge in [-0.05, 0) is 43.2 Å². The van der Waals surface area contributed by atoms with Crippen LogP contribution in [0.25, 0.3) is 0 Å². The zero-order chi connectivity index (χ0) is 11.9. The molecule has 1 saturated carbocycles. The van der Waals surface area contributed by atoms with Crippen LogP contribution in [-0.4, -0.2) is 33.0 Å². The Bertz CT molecular complexity index is 322. The third kappa shape index (κ3) is 5.08. The van der Waals surface area contributed by atoms with E-state index in [0.717, 1.165) is 31.2 Å². The lowest BCUT2D eigenvalue weighted by molar-refractivity contribution is 0.581. The molecule has 17 heavy (non-hydrogen) atoms. The molecule has 0 saturated heterocycles. The quantitative estimate of drug-likeness (QED) is 0.684. The fraction of sp³-hybridized carbons (Fsp3) is 0.833. The summed E-state index contributed by atoms with van der Waals surface area (Å²) >= 11 is 1.98. The molecule has 1 fully saturated rings. The first kappa shape index (κ1) is 12.9. The number of rotatable bonds is 9. The van der Waals surface area contributed by atoms with E-state index in [1.165, 1.54) is 30.8 Å². The molecule has 1 N–H and O–H groups in total. The van der Waals surface area contributed by atoms with E-state index in [2.05, 4.69) is 28.7 Å². The molecular formula is C12H22N4S. The van der Waals surface area contributed by atoms with Crippen molar-refractivity contribution in [1.82, 2.24) is 20.3 Å². The fourth-order valence-corrected chi connectivity index (χ4v) is 2.35. The molecule has 1 heterocycles. The van der Waals surface area contributed by atoms with Crippen molar-refractivity contribution in [2.24, 2.45) is 5.92 Å². The summed E-state index contributed by atoms with van der Waals surface area (Å²) in [6, 6.07) is 0. The predicted octanol–water partition coefficient (Wildman–Crippen LogP) is 1.92. The van der Waals surface area contributed by atoms with Gasteiger partial charge < -0.3 is 5.32 Å². The number of hydrogen-bond acceptors (Lipinski definition) is 4. The molecule has 0 aromatic carbocycles. The maximum absolute atomic E-state index is 4.18. The minimum atomic E-state index is 0.861. The van der Waals surface area contributed by atoms with Gasteiger partial charge in [0, 0.05) is 19.3 Å². The van der Waals surface area contributed by atoms with E-state index in [1.54, 1.807) is 0 Å². The van der Waals surface area contributed by atoms with Crippen LogP contribution in [0.1, 0.15) is 31.9 Å². The van der Waals surface area contributed by atoms with Gasteiger partial charge in [-0.3, -0.25) is 4.68 Å². The molecule has 0 bridgehead atoms. The van der Waals surface area contributed by atoms with Crippen LogP contribution in [0.4, 0.5) is 0 Å². The van der Waals surface area contributed by atoms with E-state index in [4.69, 9.17) is 0 Å². The first-order chi connectivity index (χ1) is 8.38. The van der Waals surface area contributed by atoms with Crippen LogP contribution in [0, 0.1) is 5.92 Å². The van der Waals surface area contributed by atoms with Crippen LogP contribution in [0.3, 0.4) is 0 Å². The molecule has 5 heteroatoms. The molecule has 1 aliphatic carbocycles. The third-order valence-electron chi connectivity index (χ3n) is 2.90. The monoisotopic (exact) mass is 254 g/mol. The van der Waals surface area contributed by atoms with Crippen molar-refractivity contribution in [3.05, 3.63) is 11.9 Å². The Kier molecular flexibility index (Phi) is 5.32. The highest BCUT2D eigenvalue weighted by atomic mass is 32.2. The second-order valence-electron chi connectivity index (χ2n) is 4.60. The summed E-state index contributed by atoms with van der Waals surface area (Å²) in [5.74, 6) is 3.34. The Labute approximate surface area is 108 Å². The van der Waals surface area contributed by atoms with Gasteiger partial charge in [0.15, 0.2) is 0 Å². The highest BCUT2D eigenvalue weighted by Crippen LogP contribution is 2.27. The Morgan fingerprint density at radius 1 is 1.53 bits per heavy atom. The van der Waals surface area contributed by atoms with Gasteiger partial charge >= 0.3 is 0 Å². The maximum atomic E-state index is 4.18. The Hall–Kier alpha value is -0.550. The molecule has 0 spiro atoms. The van der Waals surface area contributed by atoms with Gasteiger partial charge in [-0.2, -0.15) is 11.8 Å². The van der Waals surface area contributed by atoms with Gasteiger partial charge in [0.05, 0.1) is 5.69 Å². The zero-order valence-corrected chi connectivity index (χ0v) is 11.4. The van der Waals surface area contributed by atoms with Crippen LogP contribution in [0.2, 0.25) is 0 Å². The molecule has 1 aliphatic rings. The third-order valence-corrected chi connectivity index (χ3v) is 3.89. The molecule has 96 valence electrons. The molecule has 2 rings (SSSR count). The average molecular weight is 254 g/mol. The summed E-state index contributed by atoms with van der Waals surface area (Å²) in [5.41, 5.74) is 1.06. The van der Waals surface area contributed by atoms with E-state index >= 15 is 0 Å². The highest BCUT2D eigenvalue weighted by molar-refractivity contribution is 7.99. The molecule has 1 aromatic heterocycles. The highest BCUT2D eigenvalue weighted by Gasteiger charge is 2.20. The molecule has 0 aliphatic heterocycles. The van der Waals surface area contributed by atoms with E-state index in [1.807, 2.05) is 16.4 Å². The smallest absolute Gasteiger partial charge is 0.0964 e. The maximum Gasteiger partial charge on any atom is 0.0964 e. The first-order valence-electron chi connectivity index (χ1n) is 6.56. The van der Waals surface area contributed by atoms with Crippen molar-refractivity contribution in [2.75, 3.05) is 18.1 Å². The lowest BCUT2D eigenvalue weighted by atomic mass is 10.4. The fourth-order valence-electron chi connectivity index (χ4n) is 1.73. The number of hydrogen-bond donors (Lipinski definition) is 1. The molecular weight excluding hydrogens is 232 g/mol. The largest absolute Gasteiger partial charge is 0.311 e. The number of nitrogens with zero attached hydrogens (tertiary/aromatic N) is 3. The van der Waals surface area contributed by atoms with Gasteiger partial charge in [-0.1, -0.05) is 12.1 Å². The SMILES string of the molecule is CCSCCCn1cc(CNCC2CC2)nn1. The van der Waals surface area contributed by atoms with Gasteiger partial charge in [-0.25, -0.2) is 0 Å². The van der Waals surface area contributed by atoms with Crippen molar-refractivity contribution in [2.45, 2.75) is 39.3 Å². The summed E-state index contributed by atoms with van der Waals surface area (Å²) in [6.07, 6.45) is 6.04. The van der Waals surface area contributed by atoms with Crippen molar-refractivity contribution in [3.8, 4) is 0 Å². The first-order valence-corrected chi connectivity index (χ1v) is 7.71. The zero-order valence-electron chi connectivity index (χ0n) is 10.6. The van der Waals surface area contributed by atoms with Crippen LogP contribution in [0.15, 0.2) is 6.20 Å². The molecule has 0 atom stereocenters. The van der Waals surface area contributed by atoms with Crippen molar-refractivity contribution < 1.29 is 0 Å². The summed E-state index contributed by atoms with van der Waals surface area (Å²) in [4.78, 5) is 0. The van der Waals surface area contributed by atoms with Gasteiger partial charge in [0.2, 0.25) is 0 Å². The topological polar surface area (TPSA) is 42.7 Å². The van der Waals surface area contributed by atoms with Crippen molar-refractivity contribution >= 4 is 11.8 Å². The lowest BCUT2D eigenvalue weighted by Crippen LogP contribution is -2.16. The van der Waals surface area contributed by atoms with Gasteiger partial charge in [0.1, 0.15) is 0 Å². The minimum absolute atomic E-state index is 0.861. The summed E-state index contributed by atoms with van der Waals surface area (Å²) in [5, 5.41) is 11.8. The van der Waals surface area contributed by atoms with Gasteiger partial charge in [-0.15, -0.1) is 5.10 Å². The number of thioether (sulfide) groups is 1. The van der Waals surface area contributed by atoms with E-state index in [9.17, 15) is 0 Å². The molecule has 0 amide bonds. The Morgan fingerprint density at radius 2 is 2.41 bits per heavy atom. The average Bonchev–Trinajstić information content (AvgIpc) is 3.04. The molecule has 0 radical (unpaired) electrons. The van der Waals surface area contributed by atoms with Crippen molar-refractivity contribution in [1.29, 1.82) is 0 Å². The van der Waals surface area contributed by atoms with Crippen LogP contribution >= 0.6 is 11.8 Å². The van der Waals surface area contributed by atoms with E-state index in [0.29, 0.717) is 0 Å². The summed E-state index contributed by atoms with van der Waals surface area (Å²) in [7, 11) is 0.